The molecular formula is C17H25ClO2. The minimum absolute atomic E-state index is 0.0382. The third-order valence-electron chi connectivity index (χ3n) is 3.11. The first-order chi connectivity index (χ1) is 8.98. The molecule has 0 aliphatic heterocycles. The highest BCUT2D eigenvalue weighted by Gasteiger charge is 2.28. The van der Waals surface area contributed by atoms with E-state index < -0.39 is 0 Å². The first kappa shape index (κ1) is 17.0. The van der Waals surface area contributed by atoms with E-state index in [2.05, 4.69) is 34.6 Å². The summed E-state index contributed by atoms with van der Waals surface area (Å²) in [6.07, 6.45) is 1.73. The van der Waals surface area contributed by atoms with Crippen LogP contribution in [0.15, 0.2) is 18.2 Å². The summed E-state index contributed by atoms with van der Waals surface area (Å²) in [6, 6.07) is 4.81. The van der Waals surface area contributed by atoms with Crippen molar-refractivity contribution in [2.45, 2.75) is 53.9 Å². The molecule has 1 aromatic rings. The van der Waals surface area contributed by atoms with Crippen molar-refractivity contribution in [2.24, 2.45) is 10.8 Å². The first-order valence-corrected chi connectivity index (χ1v) is 7.35. The van der Waals surface area contributed by atoms with Crippen LogP contribution < -0.4 is 0 Å². The Kier molecular flexibility index (Phi) is 5.26. The van der Waals surface area contributed by atoms with Gasteiger partial charge in [-0.1, -0.05) is 46.2 Å². The molecule has 1 rings (SSSR count). The summed E-state index contributed by atoms with van der Waals surface area (Å²) in [6.45, 7) is 10.8. The maximum Gasteiger partial charge on any atom is 0.137 e. The molecule has 0 radical (unpaired) electrons. The highest BCUT2D eigenvalue weighted by atomic mass is 35.5. The Morgan fingerprint density at radius 2 is 1.80 bits per heavy atom. The zero-order valence-electron chi connectivity index (χ0n) is 13.1. The lowest BCUT2D eigenvalue weighted by molar-refractivity contribution is -0.120. The summed E-state index contributed by atoms with van der Waals surface area (Å²) in [5, 5.41) is 10.3. The molecule has 2 nitrogen and oxygen atoms in total. The number of Topliss-reactive ketones (excluding diaryl/α,β-unsaturated/α-hetero) is 1. The predicted octanol–water partition coefficient (Wildman–Crippen LogP) is 5.01. The van der Waals surface area contributed by atoms with E-state index in [-0.39, 0.29) is 28.8 Å². The Hall–Kier alpha value is -1.02. The van der Waals surface area contributed by atoms with Crippen LogP contribution in [0.25, 0.3) is 0 Å². The van der Waals surface area contributed by atoms with Crippen LogP contribution in [0.3, 0.4) is 0 Å². The van der Waals surface area contributed by atoms with Crippen molar-refractivity contribution >= 4 is 17.4 Å². The van der Waals surface area contributed by atoms with Crippen LogP contribution in [-0.2, 0) is 11.2 Å². The van der Waals surface area contributed by atoms with Gasteiger partial charge in [0, 0.05) is 23.4 Å². The number of aromatic hydroxyl groups is 1. The Morgan fingerprint density at radius 1 is 1.20 bits per heavy atom. The second-order valence-electron chi connectivity index (χ2n) is 7.57. The molecule has 0 spiro atoms. The number of halogens is 1. The lowest BCUT2D eigenvalue weighted by Crippen LogP contribution is -2.24. The topological polar surface area (TPSA) is 37.3 Å². The molecule has 0 saturated carbocycles. The Morgan fingerprint density at radius 3 is 2.35 bits per heavy atom. The van der Waals surface area contributed by atoms with Gasteiger partial charge in [0.15, 0.2) is 0 Å². The molecule has 0 heterocycles. The van der Waals surface area contributed by atoms with E-state index in [4.69, 9.17) is 11.6 Å². The SMILES string of the molecule is CC(C)(C)CC(C)(C)CC(=O)Cc1cc(Cl)ccc1O. The summed E-state index contributed by atoms with van der Waals surface area (Å²) in [5.41, 5.74) is 0.764. The number of carbonyl (C=O) groups is 1. The van der Waals surface area contributed by atoms with E-state index in [9.17, 15) is 9.90 Å². The van der Waals surface area contributed by atoms with Crippen LogP contribution in [0.4, 0.5) is 0 Å². The quantitative estimate of drug-likeness (QED) is 0.829. The molecule has 20 heavy (non-hydrogen) atoms. The van der Waals surface area contributed by atoms with Crippen molar-refractivity contribution in [3.63, 3.8) is 0 Å². The van der Waals surface area contributed by atoms with Gasteiger partial charge in [0.1, 0.15) is 11.5 Å². The first-order valence-electron chi connectivity index (χ1n) is 6.98. The Labute approximate surface area is 127 Å². The zero-order chi connectivity index (χ0) is 15.6. The third-order valence-corrected chi connectivity index (χ3v) is 3.35. The number of rotatable bonds is 5. The maximum absolute atomic E-state index is 12.2. The van der Waals surface area contributed by atoms with Crippen molar-refractivity contribution in [1.82, 2.24) is 0 Å². The van der Waals surface area contributed by atoms with E-state index >= 15 is 0 Å². The fraction of sp³-hybridized carbons (Fsp3) is 0.588. The number of phenolic OH excluding ortho intramolecular Hbond substituents is 1. The van der Waals surface area contributed by atoms with Gasteiger partial charge in [0.2, 0.25) is 0 Å². The molecule has 1 aromatic carbocycles. The largest absolute Gasteiger partial charge is 0.508 e. The zero-order valence-corrected chi connectivity index (χ0v) is 13.8. The lowest BCUT2D eigenvalue weighted by atomic mass is 9.73. The minimum atomic E-state index is -0.0382. The van der Waals surface area contributed by atoms with Crippen molar-refractivity contribution < 1.29 is 9.90 Å². The normalized spacial score (nSPS) is 12.5. The molecule has 0 amide bonds. The summed E-state index contributed by atoms with van der Waals surface area (Å²) < 4.78 is 0. The lowest BCUT2D eigenvalue weighted by Gasteiger charge is -2.32. The smallest absolute Gasteiger partial charge is 0.137 e. The van der Waals surface area contributed by atoms with Gasteiger partial charge in [-0.25, -0.2) is 0 Å². The van der Waals surface area contributed by atoms with Gasteiger partial charge in [0.05, 0.1) is 0 Å². The average Bonchev–Trinajstić information content (AvgIpc) is 2.18. The fourth-order valence-electron chi connectivity index (χ4n) is 3.00. The molecule has 0 fully saturated rings. The van der Waals surface area contributed by atoms with Crippen molar-refractivity contribution in [3.05, 3.63) is 28.8 Å². The summed E-state index contributed by atoms with van der Waals surface area (Å²) >= 11 is 5.90. The van der Waals surface area contributed by atoms with E-state index in [0.29, 0.717) is 17.0 Å². The molecule has 0 aliphatic carbocycles. The predicted molar refractivity (Wildman–Crippen MR) is 84.3 cm³/mol. The van der Waals surface area contributed by atoms with Crippen molar-refractivity contribution in [2.75, 3.05) is 0 Å². The van der Waals surface area contributed by atoms with E-state index in [1.165, 1.54) is 6.07 Å². The summed E-state index contributed by atoms with van der Waals surface area (Å²) in [7, 11) is 0. The Bertz CT molecular complexity index is 484. The van der Waals surface area contributed by atoms with Crippen LogP contribution in [0.1, 0.15) is 53.0 Å². The Balaban J connectivity index is 2.70. The van der Waals surface area contributed by atoms with Crippen LogP contribution in [-0.4, -0.2) is 10.9 Å². The number of hydrogen-bond acceptors (Lipinski definition) is 2. The standard InChI is InChI=1S/C17H25ClO2/c1-16(2,3)11-17(4,5)10-14(19)9-12-8-13(18)6-7-15(12)20/h6-8,20H,9-11H2,1-5H3. The molecule has 0 bridgehead atoms. The van der Waals surface area contributed by atoms with Crippen molar-refractivity contribution in [1.29, 1.82) is 0 Å². The number of carbonyl (C=O) groups excluding carboxylic acids is 1. The number of benzene rings is 1. The van der Waals surface area contributed by atoms with Gasteiger partial charge in [-0.2, -0.15) is 0 Å². The van der Waals surface area contributed by atoms with Gasteiger partial charge < -0.3 is 5.11 Å². The monoisotopic (exact) mass is 296 g/mol. The molecule has 0 aromatic heterocycles. The second-order valence-corrected chi connectivity index (χ2v) is 8.00. The summed E-state index contributed by atoms with van der Waals surface area (Å²) in [4.78, 5) is 12.2. The fourth-order valence-corrected chi connectivity index (χ4v) is 3.20. The van der Waals surface area contributed by atoms with Gasteiger partial charge in [-0.15, -0.1) is 0 Å². The molecule has 0 aliphatic rings. The molecule has 0 unspecified atom stereocenters. The highest BCUT2D eigenvalue weighted by Crippen LogP contribution is 2.36. The average molecular weight is 297 g/mol. The molecule has 0 saturated heterocycles. The number of hydrogen-bond donors (Lipinski definition) is 1. The van der Waals surface area contributed by atoms with Gasteiger partial charge in [-0.3, -0.25) is 4.79 Å². The number of phenols is 1. The molecule has 3 heteroatoms. The van der Waals surface area contributed by atoms with Crippen LogP contribution in [0.5, 0.6) is 5.75 Å². The van der Waals surface area contributed by atoms with E-state index in [1.54, 1.807) is 12.1 Å². The maximum atomic E-state index is 12.2. The molecule has 1 N–H and O–H groups in total. The van der Waals surface area contributed by atoms with Gasteiger partial charge in [-0.05, 0) is 35.4 Å². The summed E-state index contributed by atoms with van der Waals surface area (Å²) in [5.74, 6) is 0.271. The molecule has 112 valence electrons. The number of ketones is 1. The molecule has 0 atom stereocenters. The third kappa shape index (κ3) is 5.96. The molecular weight excluding hydrogens is 272 g/mol. The highest BCUT2D eigenvalue weighted by molar-refractivity contribution is 6.30. The van der Waals surface area contributed by atoms with Gasteiger partial charge >= 0.3 is 0 Å². The van der Waals surface area contributed by atoms with E-state index in [1.807, 2.05) is 0 Å². The minimum Gasteiger partial charge on any atom is -0.508 e. The second kappa shape index (κ2) is 6.17. The van der Waals surface area contributed by atoms with E-state index in [0.717, 1.165) is 6.42 Å². The van der Waals surface area contributed by atoms with Gasteiger partial charge in [0.25, 0.3) is 0 Å². The van der Waals surface area contributed by atoms with Crippen LogP contribution in [0, 0.1) is 10.8 Å². The van der Waals surface area contributed by atoms with Crippen LogP contribution >= 0.6 is 11.6 Å². The van der Waals surface area contributed by atoms with Crippen molar-refractivity contribution in [3.8, 4) is 5.75 Å². The van der Waals surface area contributed by atoms with Crippen LogP contribution in [0.2, 0.25) is 5.02 Å².